The number of amides is 1. The highest BCUT2D eigenvalue weighted by Gasteiger charge is 2.22. The topological polar surface area (TPSA) is 49.6 Å². The van der Waals surface area contributed by atoms with Crippen LogP contribution in [0.2, 0.25) is 0 Å². The first-order chi connectivity index (χ1) is 11.7. The second-order valence-corrected chi connectivity index (χ2v) is 7.28. The standard InChI is InChI=1S/C18H23N3O2S/c1-20(8-7-15-5-3-2-4-6-15)14-16-13-17(19-23-16)18(22)21-9-11-24-12-10-21/h2-6,13H,7-12,14H2,1H3. The Morgan fingerprint density at radius 2 is 2.04 bits per heavy atom. The van der Waals surface area contributed by atoms with Crippen LogP contribution in [0.15, 0.2) is 40.9 Å². The molecule has 1 amide bonds. The molecule has 0 N–H and O–H groups in total. The van der Waals surface area contributed by atoms with E-state index in [9.17, 15) is 4.79 Å². The van der Waals surface area contributed by atoms with Crippen molar-refractivity contribution in [1.29, 1.82) is 0 Å². The van der Waals surface area contributed by atoms with Gasteiger partial charge in [-0.2, -0.15) is 11.8 Å². The highest BCUT2D eigenvalue weighted by atomic mass is 32.2. The number of rotatable bonds is 6. The van der Waals surface area contributed by atoms with Crippen LogP contribution in [0.25, 0.3) is 0 Å². The molecule has 1 fully saturated rings. The third kappa shape index (κ3) is 4.61. The van der Waals surface area contributed by atoms with E-state index in [1.165, 1.54) is 5.56 Å². The van der Waals surface area contributed by atoms with Gasteiger partial charge in [0.25, 0.3) is 5.91 Å². The Bertz CT molecular complexity index is 653. The van der Waals surface area contributed by atoms with Crippen LogP contribution in [0.3, 0.4) is 0 Å². The molecule has 1 aliphatic rings. The summed E-state index contributed by atoms with van der Waals surface area (Å²) in [4.78, 5) is 16.4. The number of thioether (sulfide) groups is 1. The Labute approximate surface area is 147 Å². The fourth-order valence-electron chi connectivity index (χ4n) is 2.73. The lowest BCUT2D eigenvalue weighted by Crippen LogP contribution is -2.38. The van der Waals surface area contributed by atoms with Crippen LogP contribution in [-0.4, -0.2) is 59.1 Å². The lowest BCUT2D eigenvalue weighted by atomic mass is 10.1. The number of nitrogens with zero attached hydrogens (tertiary/aromatic N) is 3. The maximum Gasteiger partial charge on any atom is 0.276 e. The van der Waals surface area contributed by atoms with Crippen LogP contribution in [0, 0.1) is 0 Å². The van der Waals surface area contributed by atoms with Gasteiger partial charge in [-0.05, 0) is 19.0 Å². The van der Waals surface area contributed by atoms with Crippen molar-refractivity contribution in [2.24, 2.45) is 0 Å². The van der Waals surface area contributed by atoms with E-state index in [1.807, 2.05) is 22.7 Å². The average Bonchev–Trinajstić information content (AvgIpc) is 3.09. The minimum Gasteiger partial charge on any atom is -0.359 e. The highest BCUT2D eigenvalue weighted by molar-refractivity contribution is 7.99. The molecule has 0 bridgehead atoms. The van der Waals surface area contributed by atoms with Crippen molar-refractivity contribution in [1.82, 2.24) is 15.0 Å². The monoisotopic (exact) mass is 345 g/mol. The summed E-state index contributed by atoms with van der Waals surface area (Å²) in [5.74, 6) is 2.72. The van der Waals surface area contributed by atoms with Gasteiger partial charge in [0.15, 0.2) is 11.5 Å². The Balaban J connectivity index is 1.50. The molecular formula is C18H23N3O2S. The molecule has 1 aromatic heterocycles. The number of aromatic nitrogens is 1. The van der Waals surface area contributed by atoms with Gasteiger partial charge in [0.05, 0.1) is 6.54 Å². The van der Waals surface area contributed by atoms with Crippen molar-refractivity contribution in [3.05, 3.63) is 53.4 Å². The Morgan fingerprint density at radius 3 is 2.79 bits per heavy atom. The van der Waals surface area contributed by atoms with Crippen LogP contribution >= 0.6 is 11.8 Å². The molecular weight excluding hydrogens is 322 g/mol. The normalized spacial score (nSPS) is 15.0. The molecule has 1 aromatic carbocycles. The fraction of sp³-hybridized carbons (Fsp3) is 0.444. The van der Waals surface area contributed by atoms with Crippen LogP contribution in [0.1, 0.15) is 21.8 Å². The largest absolute Gasteiger partial charge is 0.359 e. The maximum atomic E-state index is 12.4. The number of likely N-dealkylation sites (N-methyl/N-ethyl adjacent to an activating group) is 1. The quantitative estimate of drug-likeness (QED) is 0.805. The summed E-state index contributed by atoms with van der Waals surface area (Å²) in [5.41, 5.74) is 1.74. The molecule has 6 heteroatoms. The van der Waals surface area contributed by atoms with Crippen LogP contribution in [0.4, 0.5) is 0 Å². The Kier molecular flexibility index (Phi) is 5.93. The van der Waals surface area contributed by atoms with Crippen LogP contribution in [-0.2, 0) is 13.0 Å². The van der Waals surface area contributed by atoms with Gasteiger partial charge < -0.3 is 9.42 Å². The molecule has 5 nitrogen and oxygen atoms in total. The first kappa shape index (κ1) is 17.0. The lowest BCUT2D eigenvalue weighted by molar-refractivity contribution is 0.0761. The van der Waals surface area contributed by atoms with Gasteiger partial charge in [-0.1, -0.05) is 35.5 Å². The van der Waals surface area contributed by atoms with E-state index in [0.717, 1.165) is 43.3 Å². The van der Waals surface area contributed by atoms with E-state index in [2.05, 4.69) is 41.4 Å². The first-order valence-corrected chi connectivity index (χ1v) is 9.43. The molecule has 0 saturated carbocycles. The zero-order chi connectivity index (χ0) is 16.8. The molecule has 1 aliphatic heterocycles. The second kappa shape index (κ2) is 8.35. The summed E-state index contributed by atoms with van der Waals surface area (Å²) in [6.45, 7) is 3.17. The maximum absolute atomic E-state index is 12.4. The number of benzene rings is 1. The fourth-order valence-corrected chi connectivity index (χ4v) is 3.63. The highest BCUT2D eigenvalue weighted by Crippen LogP contribution is 2.14. The minimum absolute atomic E-state index is 0.0164. The van der Waals surface area contributed by atoms with Gasteiger partial charge in [0.2, 0.25) is 0 Å². The molecule has 1 saturated heterocycles. The predicted molar refractivity (Wildman–Crippen MR) is 96.2 cm³/mol. The summed E-state index contributed by atoms with van der Waals surface area (Å²) in [6.07, 6.45) is 0.989. The molecule has 24 heavy (non-hydrogen) atoms. The van der Waals surface area contributed by atoms with Gasteiger partial charge in [-0.25, -0.2) is 0 Å². The van der Waals surface area contributed by atoms with Crippen molar-refractivity contribution in [2.45, 2.75) is 13.0 Å². The molecule has 0 aliphatic carbocycles. The molecule has 0 atom stereocenters. The van der Waals surface area contributed by atoms with E-state index in [-0.39, 0.29) is 5.91 Å². The Hall–Kier alpha value is -1.79. The number of hydrogen-bond donors (Lipinski definition) is 0. The van der Waals surface area contributed by atoms with E-state index in [0.29, 0.717) is 12.2 Å². The minimum atomic E-state index is -0.0164. The first-order valence-electron chi connectivity index (χ1n) is 8.27. The van der Waals surface area contributed by atoms with Crippen molar-refractivity contribution >= 4 is 17.7 Å². The smallest absolute Gasteiger partial charge is 0.276 e. The van der Waals surface area contributed by atoms with Gasteiger partial charge >= 0.3 is 0 Å². The molecule has 0 unspecified atom stereocenters. The molecule has 3 rings (SSSR count). The summed E-state index contributed by atoms with van der Waals surface area (Å²) >= 11 is 1.88. The Morgan fingerprint density at radius 1 is 1.29 bits per heavy atom. The van der Waals surface area contributed by atoms with Crippen molar-refractivity contribution < 1.29 is 9.32 Å². The molecule has 0 spiro atoms. The van der Waals surface area contributed by atoms with Crippen molar-refractivity contribution in [2.75, 3.05) is 38.2 Å². The van der Waals surface area contributed by atoms with Gasteiger partial charge in [0.1, 0.15) is 0 Å². The van der Waals surface area contributed by atoms with Gasteiger partial charge in [-0.3, -0.25) is 9.69 Å². The number of carbonyl (C=O) groups excluding carboxylic acids is 1. The zero-order valence-corrected chi connectivity index (χ0v) is 14.8. The second-order valence-electron chi connectivity index (χ2n) is 6.06. The lowest BCUT2D eigenvalue weighted by Gasteiger charge is -2.25. The summed E-state index contributed by atoms with van der Waals surface area (Å²) in [5, 5.41) is 3.96. The van der Waals surface area contributed by atoms with E-state index in [1.54, 1.807) is 6.07 Å². The van der Waals surface area contributed by atoms with E-state index < -0.39 is 0 Å². The molecule has 128 valence electrons. The van der Waals surface area contributed by atoms with E-state index >= 15 is 0 Å². The molecule has 2 aromatic rings. The number of carbonyl (C=O) groups is 1. The predicted octanol–water partition coefficient (Wildman–Crippen LogP) is 2.54. The third-order valence-electron chi connectivity index (χ3n) is 4.13. The molecule has 2 heterocycles. The third-order valence-corrected chi connectivity index (χ3v) is 5.07. The zero-order valence-electron chi connectivity index (χ0n) is 14.0. The summed E-state index contributed by atoms with van der Waals surface area (Å²) in [7, 11) is 2.05. The number of hydrogen-bond acceptors (Lipinski definition) is 5. The van der Waals surface area contributed by atoms with Crippen LogP contribution < -0.4 is 0 Å². The summed E-state index contributed by atoms with van der Waals surface area (Å²) < 4.78 is 5.35. The summed E-state index contributed by atoms with van der Waals surface area (Å²) in [6, 6.07) is 12.2. The van der Waals surface area contributed by atoms with E-state index in [4.69, 9.17) is 4.52 Å². The van der Waals surface area contributed by atoms with Gasteiger partial charge in [0, 0.05) is 37.2 Å². The van der Waals surface area contributed by atoms with Crippen molar-refractivity contribution in [3.8, 4) is 0 Å². The average molecular weight is 345 g/mol. The van der Waals surface area contributed by atoms with Crippen LogP contribution in [0.5, 0.6) is 0 Å². The van der Waals surface area contributed by atoms with Gasteiger partial charge in [-0.15, -0.1) is 0 Å². The molecule has 0 radical (unpaired) electrons. The SMILES string of the molecule is CN(CCc1ccccc1)Cc1cc(C(=O)N2CCSCC2)no1. The van der Waals surface area contributed by atoms with Crippen molar-refractivity contribution in [3.63, 3.8) is 0 Å².